The van der Waals surface area contributed by atoms with Crippen molar-refractivity contribution in [2.75, 3.05) is 27.3 Å². The number of hydrogen-bond donors (Lipinski definition) is 4. The monoisotopic (exact) mass is 776 g/mol. The Morgan fingerprint density at radius 2 is 1.32 bits per heavy atom. The average molecular weight is 777 g/mol. The number of alkyl carbamates (subject to hydrolysis) is 1. The molecule has 4 aromatic rings. The summed E-state index contributed by atoms with van der Waals surface area (Å²) in [6.07, 6.45) is 1.87. The Labute approximate surface area is 322 Å². The predicted octanol–water partition coefficient (Wildman–Crippen LogP) is 5.62. The first-order valence-corrected chi connectivity index (χ1v) is 18.5. The number of nitrogens with two attached hydrogens (primary N) is 1. The molecule has 2 aromatic heterocycles. The lowest BCUT2D eigenvalue weighted by molar-refractivity contribution is -0.148. The number of imidazole rings is 2. The number of nitrogens with one attached hydrogen (secondary N) is 3. The Hall–Kier alpha value is -5.84. The lowest BCUT2D eigenvalue weighted by Crippen LogP contribution is -2.51. The highest BCUT2D eigenvalue weighted by Crippen LogP contribution is 2.36. The van der Waals surface area contributed by atoms with E-state index in [1.807, 2.05) is 13.8 Å². The molecule has 6 rings (SSSR count). The van der Waals surface area contributed by atoms with Crippen LogP contribution in [0.4, 0.5) is 18.4 Å². The number of benzene rings is 2. The third kappa shape index (κ3) is 8.22. The standard InChI is InChI=1S/C39H46F2N8O7/c1-20(2)32(47-39(53)55-5)36(50)48-14-6-8-30(48)34-43-18-28(45-34)24-12-10-22(16-26(24)40)23-11-13-25(27(41)17-23)29-19-44-35(46-29)31-9-7-15-49(31)37(51)33(21(3)54-4)56-38(42)52/h10-13,16-21,30-33H,6-9,14-15H2,1-5H3,(H2,42,52)(H,43,45)(H,44,46)(H,47,53)/t21-,30+,31+,32+,33+/m1/s1. The maximum Gasteiger partial charge on any atom is 0.407 e. The fourth-order valence-corrected chi connectivity index (χ4v) is 7.38. The molecule has 2 aliphatic heterocycles. The van der Waals surface area contributed by atoms with Gasteiger partial charge in [0.05, 0.1) is 43.0 Å². The number of methoxy groups -OCH3 is 2. The molecule has 0 unspecified atom stereocenters. The lowest BCUT2D eigenvalue weighted by Gasteiger charge is -2.30. The number of primary amides is 1. The van der Waals surface area contributed by atoms with Gasteiger partial charge in [-0.3, -0.25) is 9.59 Å². The molecule has 5 atom stereocenters. The molecule has 0 bridgehead atoms. The van der Waals surface area contributed by atoms with Crippen LogP contribution in [0.5, 0.6) is 0 Å². The number of aromatic amines is 2. The van der Waals surface area contributed by atoms with Crippen LogP contribution in [-0.4, -0.2) is 99.3 Å². The molecule has 5 N–H and O–H groups in total. The Kier molecular flexibility index (Phi) is 12.0. The number of rotatable bonds is 12. The van der Waals surface area contributed by atoms with Crippen LogP contribution in [0.3, 0.4) is 0 Å². The largest absolute Gasteiger partial charge is 0.453 e. The van der Waals surface area contributed by atoms with Gasteiger partial charge in [0.15, 0.2) is 0 Å². The van der Waals surface area contributed by atoms with E-state index in [9.17, 15) is 19.2 Å². The first-order valence-electron chi connectivity index (χ1n) is 18.5. The molecule has 2 aromatic carbocycles. The van der Waals surface area contributed by atoms with E-state index in [2.05, 4.69) is 25.3 Å². The molecule has 17 heteroatoms. The van der Waals surface area contributed by atoms with E-state index in [4.69, 9.17) is 19.9 Å². The van der Waals surface area contributed by atoms with E-state index < -0.39 is 54.0 Å². The van der Waals surface area contributed by atoms with Crippen molar-refractivity contribution in [3.05, 3.63) is 72.1 Å². The number of ether oxygens (including phenoxy) is 3. The second kappa shape index (κ2) is 16.9. The quantitative estimate of drug-likeness (QED) is 0.141. The minimum atomic E-state index is -1.24. The summed E-state index contributed by atoms with van der Waals surface area (Å²) >= 11 is 0. The van der Waals surface area contributed by atoms with Crippen LogP contribution in [0.2, 0.25) is 0 Å². The highest BCUT2D eigenvalue weighted by atomic mass is 19.1. The van der Waals surface area contributed by atoms with E-state index >= 15 is 8.78 Å². The second-order valence-electron chi connectivity index (χ2n) is 14.3. The summed E-state index contributed by atoms with van der Waals surface area (Å²) < 4.78 is 46.4. The molecule has 4 heterocycles. The fourth-order valence-electron chi connectivity index (χ4n) is 7.38. The third-order valence-corrected chi connectivity index (χ3v) is 10.4. The van der Waals surface area contributed by atoms with Crippen molar-refractivity contribution >= 4 is 24.0 Å². The second-order valence-corrected chi connectivity index (χ2v) is 14.3. The molecule has 0 saturated carbocycles. The summed E-state index contributed by atoms with van der Waals surface area (Å²) in [6.45, 7) is 6.15. The van der Waals surface area contributed by atoms with Gasteiger partial charge in [0, 0.05) is 31.3 Å². The summed E-state index contributed by atoms with van der Waals surface area (Å²) in [7, 11) is 2.64. The van der Waals surface area contributed by atoms with E-state index in [0.717, 1.165) is 6.42 Å². The van der Waals surface area contributed by atoms with Gasteiger partial charge in [-0.25, -0.2) is 28.3 Å². The number of nitrogens with zero attached hydrogens (tertiary/aromatic N) is 4. The zero-order chi connectivity index (χ0) is 40.3. The highest BCUT2D eigenvalue weighted by molar-refractivity contribution is 5.86. The van der Waals surface area contributed by atoms with Crippen LogP contribution in [-0.2, 0) is 23.8 Å². The Bertz CT molecular complexity index is 2090. The number of halogens is 2. The molecule has 298 valence electrons. The molecule has 0 spiro atoms. The highest BCUT2D eigenvalue weighted by Gasteiger charge is 2.40. The van der Waals surface area contributed by atoms with E-state index in [0.29, 0.717) is 66.5 Å². The minimum Gasteiger partial charge on any atom is -0.453 e. The molecule has 2 saturated heterocycles. The van der Waals surface area contributed by atoms with Crippen molar-refractivity contribution in [1.82, 2.24) is 35.1 Å². The van der Waals surface area contributed by atoms with Crippen LogP contribution < -0.4 is 11.1 Å². The number of H-pyrrole nitrogens is 2. The smallest absolute Gasteiger partial charge is 0.407 e. The summed E-state index contributed by atoms with van der Waals surface area (Å²) in [6, 6.07) is 7.52. The summed E-state index contributed by atoms with van der Waals surface area (Å²) in [4.78, 5) is 68.8. The van der Waals surface area contributed by atoms with Crippen LogP contribution in [0.15, 0.2) is 48.8 Å². The van der Waals surface area contributed by atoms with Gasteiger partial charge in [-0.2, -0.15) is 0 Å². The van der Waals surface area contributed by atoms with Crippen molar-refractivity contribution in [2.24, 2.45) is 11.7 Å². The van der Waals surface area contributed by atoms with Crippen molar-refractivity contribution in [3.8, 4) is 33.6 Å². The molecule has 2 aliphatic rings. The van der Waals surface area contributed by atoms with Gasteiger partial charge in [-0.1, -0.05) is 26.0 Å². The molecular weight excluding hydrogens is 730 g/mol. The lowest BCUT2D eigenvalue weighted by atomic mass is 10.00. The van der Waals surface area contributed by atoms with Gasteiger partial charge in [0.2, 0.25) is 12.0 Å². The minimum absolute atomic E-state index is 0.185. The van der Waals surface area contributed by atoms with Gasteiger partial charge in [-0.15, -0.1) is 0 Å². The molecule has 56 heavy (non-hydrogen) atoms. The van der Waals surface area contributed by atoms with Crippen molar-refractivity contribution in [3.63, 3.8) is 0 Å². The summed E-state index contributed by atoms with van der Waals surface area (Å²) in [5, 5.41) is 2.62. The first kappa shape index (κ1) is 39.8. The van der Waals surface area contributed by atoms with Crippen molar-refractivity contribution in [1.29, 1.82) is 0 Å². The number of aromatic nitrogens is 4. The van der Waals surface area contributed by atoms with Crippen LogP contribution in [0.1, 0.15) is 70.2 Å². The number of likely N-dealkylation sites (tertiary alicyclic amines) is 2. The average Bonchev–Trinajstić information content (AvgIpc) is 4.01. The zero-order valence-electron chi connectivity index (χ0n) is 31.8. The Morgan fingerprint density at radius 1 is 0.821 bits per heavy atom. The van der Waals surface area contributed by atoms with Crippen molar-refractivity contribution < 1.29 is 42.2 Å². The number of hydrogen-bond acceptors (Lipinski definition) is 9. The van der Waals surface area contributed by atoms with Gasteiger partial charge >= 0.3 is 12.2 Å². The maximum absolute atomic E-state index is 15.7. The SMILES string of the molecule is COC(=O)N[C@H](C(=O)N1CCC[C@H]1c1ncc(-c2ccc(-c3ccc(-c4cnc([C@@H]5CCCN5C(=O)[C@@H](OC(N)=O)[C@@H](C)OC)[nH]4)c(F)c3)cc2F)[nH]1)C(C)C. The number of amides is 4. The molecule has 4 amide bonds. The van der Waals surface area contributed by atoms with E-state index in [1.54, 1.807) is 41.0 Å². The summed E-state index contributed by atoms with van der Waals surface area (Å²) in [5.74, 6) is -1.08. The fraction of sp³-hybridized carbons (Fsp3) is 0.436. The van der Waals surface area contributed by atoms with E-state index in [1.165, 1.54) is 38.7 Å². The van der Waals surface area contributed by atoms with E-state index in [-0.39, 0.29) is 29.0 Å². The Balaban J connectivity index is 1.16. The van der Waals surface area contributed by atoms with Gasteiger partial charge in [-0.05, 0) is 73.9 Å². The van der Waals surface area contributed by atoms with Gasteiger partial charge in [0.1, 0.15) is 35.4 Å². The maximum atomic E-state index is 15.7. The first-order chi connectivity index (χ1) is 26.8. The van der Waals surface area contributed by atoms with Gasteiger partial charge < -0.3 is 45.0 Å². The molecular formula is C39H46F2N8O7. The molecule has 15 nitrogen and oxygen atoms in total. The topological polar surface area (TPSA) is 198 Å². The Morgan fingerprint density at radius 3 is 1.75 bits per heavy atom. The third-order valence-electron chi connectivity index (χ3n) is 10.4. The molecule has 0 radical (unpaired) electrons. The van der Waals surface area contributed by atoms with Gasteiger partial charge in [0.25, 0.3) is 5.91 Å². The van der Waals surface area contributed by atoms with Crippen LogP contribution >= 0.6 is 0 Å². The zero-order valence-corrected chi connectivity index (χ0v) is 31.8. The predicted molar refractivity (Wildman–Crippen MR) is 199 cm³/mol. The molecule has 2 fully saturated rings. The normalized spacial score (nSPS) is 18.5. The number of carbonyl (C=O) groups is 4. The van der Waals surface area contributed by atoms with Crippen molar-refractivity contribution in [2.45, 2.75) is 76.8 Å². The van der Waals surface area contributed by atoms with Crippen LogP contribution in [0.25, 0.3) is 33.6 Å². The van der Waals surface area contributed by atoms with Crippen LogP contribution in [0, 0.1) is 17.6 Å². The molecule has 0 aliphatic carbocycles. The summed E-state index contributed by atoms with van der Waals surface area (Å²) in [5.41, 5.74) is 7.39. The number of carbonyl (C=O) groups excluding carboxylic acids is 4.